The van der Waals surface area contributed by atoms with Gasteiger partial charge in [0.1, 0.15) is 24.4 Å². The molecule has 1 rings (SSSR count). The van der Waals surface area contributed by atoms with Crippen LogP contribution in [0.2, 0.25) is 0 Å². The second-order valence-electron chi connectivity index (χ2n) is 27.1. The SMILES string of the molecule is CC/C=C\C/C=C\C/C=C\C/C=C\CCCCCCCCCCCCCCCCCCCCCCC(=O)NC(COC1OC(CO)C(O)C(O)C1O)C(O)CCCCCCCCCCCCCCCCCCCCCCCCCCCCCCCCCC. The largest absolute Gasteiger partial charge is 0.394 e. The molecule has 0 aliphatic carbocycles. The maximum atomic E-state index is 13.2. The van der Waals surface area contributed by atoms with Gasteiger partial charge in [0.05, 0.1) is 25.4 Å². The Bertz CT molecular complexity index is 1530. The number of carbonyl (C=O) groups is 1. The van der Waals surface area contributed by atoms with Gasteiger partial charge in [0, 0.05) is 6.42 Å². The Morgan fingerprint density at radius 1 is 0.398 bits per heavy atom. The van der Waals surface area contributed by atoms with Crippen LogP contribution in [-0.4, -0.2) is 87.5 Å². The molecule has 7 unspecified atom stereocenters. The van der Waals surface area contributed by atoms with Gasteiger partial charge in [0.15, 0.2) is 6.29 Å². The molecule has 0 aromatic heterocycles. The summed E-state index contributed by atoms with van der Waals surface area (Å²) >= 11 is 0. The third kappa shape index (κ3) is 55.8. The fourth-order valence-corrected chi connectivity index (χ4v) is 12.7. The Kier molecular flexibility index (Phi) is 65.1. The van der Waals surface area contributed by atoms with Crippen LogP contribution >= 0.6 is 0 Å². The monoisotopic (exact) mass is 1240 g/mol. The van der Waals surface area contributed by atoms with Crippen LogP contribution in [0.3, 0.4) is 0 Å². The van der Waals surface area contributed by atoms with E-state index in [4.69, 9.17) is 9.47 Å². The van der Waals surface area contributed by atoms with Crippen molar-refractivity contribution in [3.05, 3.63) is 48.6 Å². The highest BCUT2D eigenvalue weighted by Crippen LogP contribution is 2.24. The lowest BCUT2D eigenvalue weighted by Crippen LogP contribution is -2.60. The molecular weight excluding hydrogens is 1090 g/mol. The number of allylic oxidation sites excluding steroid dienone is 8. The number of nitrogens with one attached hydrogen (secondary N) is 1. The molecule has 88 heavy (non-hydrogen) atoms. The predicted octanol–water partition coefficient (Wildman–Crippen LogP) is 21.9. The summed E-state index contributed by atoms with van der Waals surface area (Å²) in [4.78, 5) is 13.2. The zero-order chi connectivity index (χ0) is 63.5. The molecule has 1 amide bonds. The van der Waals surface area contributed by atoms with Gasteiger partial charge in [-0.2, -0.15) is 0 Å². The highest BCUT2D eigenvalue weighted by Gasteiger charge is 2.44. The molecule has 518 valence electrons. The Hall–Kier alpha value is -1.85. The average Bonchev–Trinajstić information content (AvgIpc) is 3.65. The number of aliphatic hydroxyl groups excluding tert-OH is 5. The minimum atomic E-state index is -1.55. The smallest absolute Gasteiger partial charge is 0.220 e. The van der Waals surface area contributed by atoms with Crippen LogP contribution in [0.4, 0.5) is 0 Å². The first-order valence-electron chi connectivity index (χ1n) is 38.8. The lowest BCUT2D eigenvalue weighted by atomic mass is 9.99. The predicted molar refractivity (Wildman–Crippen MR) is 378 cm³/mol. The third-order valence-corrected chi connectivity index (χ3v) is 18.7. The van der Waals surface area contributed by atoms with Crippen molar-refractivity contribution in [2.75, 3.05) is 13.2 Å². The van der Waals surface area contributed by atoms with Crippen LogP contribution < -0.4 is 5.32 Å². The van der Waals surface area contributed by atoms with E-state index in [2.05, 4.69) is 67.8 Å². The maximum Gasteiger partial charge on any atom is 0.220 e. The molecule has 7 atom stereocenters. The second kappa shape index (κ2) is 68.0. The number of hydrogen-bond donors (Lipinski definition) is 6. The van der Waals surface area contributed by atoms with Gasteiger partial charge in [0.25, 0.3) is 0 Å². The molecule has 1 aliphatic heterocycles. The maximum absolute atomic E-state index is 13.2. The van der Waals surface area contributed by atoms with Crippen LogP contribution in [0, 0.1) is 0 Å². The molecule has 0 aromatic rings. The lowest BCUT2D eigenvalue weighted by molar-refractivity contribution is -0.302. The van der Waals surface area contributed by atoms with E-state index < -0.39 is 49.5 Å². The summed E-state index contributed by atoms with van der Waals surface area (Å²) in [7, 11) is 0. The highest BCUT2D eigenvalue weighted by atomic mass is 16.7. The normalized spacial score (nSPS) is 18.1. The molecular formula is C79H149NO8. The Balaban J connectivity index is 2.06. The summed E-state index contributed by atoms with van der Waals surface area (Å²) in [5.41, 5.74) is 0. The van der Waals surface area contributed by atoms with Crippen molar-refractivity contribution in [3.63, 3.8) is 0 Å². The van der Waals surface area contributed by atoms with Gasteiger partial charge in [-0.3, -0.25) is 4.79 Å². The molecule has 1 aliphatic rings. The summed E-state index contributed by atoms with van der Waals surface area (Å²) in [6.45, 7) is 3.79. The molecule has 0 aromatic carbocycles. The molecule has 0 radical (unpaired) electrons. The van der Waals surface area contributed by atoms with E-state index in [-0.39, 0.29) is 12.5 Å². The lowest BCUT2D eigenvalue weighted by Gasteiger charge is -2.40. The van der Waals surface area contributed by atoms with Gasteiger partial charge < -0.3 is 40.3 Å². The Morgan fingerprint density at radius 2 is 0.705 bits per heavy atom. The van der Waals surface area contributed by atoms with E-state index in [1.165, 1.54) is 302 Å². The molecule has 9 nitrogen and oxygen atoms in total. The first-order valence-corrected chi connectivity index (χ1v) is 38.8. The van der Waals surface area contributed by atoms with Crippen molar-refractivity contribution in [2.24, 2.45) is 0 Å². The summed E-state index contributed by atoms with van der Waals surface area (Å²) < 4.78 is 11.4. The number of rotatable bonds is 69. The third-order valence-electron chi connectivity index (χ3n) is 18.7. The molecule has 1 heterocycles. The van der Waals surface area contributed by atoms with Crippen molar-refractivity contribution in [1.82, 2.24) is 5.32 Å². The molecule has 1 saturated heterocycles. The first kappa shape index (κ1) is 84.2. The van der Waals surface area contributed by atoms with E-state index in [1.807, 2.05) is 0 Å². The first-order chi connectivity index (χ1) is 43.3. The zero-order valence-electron chi connectivity index (χ0n) is 58.3. The van der Waals surface area contributed by atoms with Crippen LogP contribution in [0.25, 0.3) is 0 Å². The summed E-state index contributed by atoms with van der Waals surface area (Å²) in [5, 5.41) is 55.1. The van der Waals surface area contributed by atoms with Crippen molar-refractivity contribution >= 4 is 5.91 Å². The number of hydrogen-bond acceptors (Lipinski definition) is 8. The van der Waals surface area contributed by atoms with Gasteiger partial charge in [-0.25, -0.2) is 0 Å². The van der Waals surface area contributed by atoms with Gasteiger partial charge >= 0.3 is 0 Å². The number of ether oxygens (including phenoxy) is 2. The van der Waals surface area contributed by atoms with E-state index >= 15 is 0 Å². The van der Waals surface area contributed by atoms with E-state index in [1.54, 1.807) is 0 Å². The Labute approximate surface area is 545 Å². The fourth-order valence-electron chi connectivity index (χ4n) is 12.7. The number of unbranched alkanes of at least 4 members (excludes halogenated alkanes) is 51. The van der Waals surface area contributed by atoms with Crippen LogP contribution in [0.5, 0.6) is 0 Å². The quantitative estimate of drug-likeness (QED) is 0.0261. The van der Waals surface area contributed by atoms with E-state index in [0.29, 0.717) is 12.8 Å². The molecule has 0 spiro atoms. The minimum absolute atomic E-state index is 0.134. The van der Waals surface area contributed by atoms with Crippen LogP contribution in [0.15, 0.2) is 48.6 Å². The molecule has 0 saturated carbocycles. The Morgan fingerprint density at radius 3 is 1.05 bits per heavy atom. The average molecular weight is 1240 g/mol. The van der Waals surface area contributed by atoms with Crippen molar-refractivity contribution in [3.8, 4) is 0 Å². The van der Waals surface area contributed by atoms with Gasteiger partial charge in [-0.05, 0) is 51.4 Å². The zero-order valence-corrected chi connectivity index (χ0v) is 58.3. The minimum Gasteiger partial charge on any atom is -0.394 e. The molecule has 6 N–H and O–H groups in total. The molecule has 0 bridgehead atoms. The second-order valence-corrected chi connectivity index (χ2v) is 27.1. The summed E-state index contributed by atoms with van der Waals surface area (Å²) in [6.07, 6.45) is 86.4. The topological polar surface area (TPSA) is 149 Å². The number of carbonyl (C=O) groups excluding carboxylic acids is 1. The van der Waals surface area contributed by atoms with Crippen molar-refractivity contribution in [1.29, 1.82) is 0 Å². The number of amides is 1. The summed E-state index contributed by atoms with van der Waals surface area (Å²) in [6, 6.07) is -0.721. The van der Waals surface area contributed by atoms with Gasteiger partial charge in [-0.1, -0.05) is 383 Å². The van der Waals surface area contributed by atoms with E-state index in [9.17, 15) is 30.3 Å². The molecule has 1 fully saturated rings. The fraction of sp³-hybridized carbons (Fsp3) is 0.886. The van der Waals surface area contributed by atoms with E-state index in [0.717, 1.165) is 64.2 Å². The van der Waals surface area contributed by atoms with Gasteiger partial charge in [0.2, 0.25) is 5.91 Å². The van der Waals surface area contributed by atoms with Gasteiger partial charge in [-0.15, -0.1) is 0 Å². The van der Waals surface area contributed by atoms with Crippen LogP contribution in [0.1, 0.15) is 393 Å². The van der Waals surface area contributed by atoms with Crippen molar-refractivity contribution < 1.29 is 39.8 Å². The van der Waals surface area contributed by atoms with Crippen LogP contribution in [-0.2, 0) is 14.3 Å². The number of aliphatic hydroxyl groups is 5. The highest BCUT2D eigenvalue weighted by molar-refractivity contribution is 5.76. The standard InChI is InChI=1S/C79H149NO8/c1-3-5-7-9-11-13-15-17-19-21-23-25-27-29-31-33-35-37-39-41-43-45-47-49-51-53-55-57-59-61-63-65-67-69-75(83)80-72(71-87-79-78(86)77(85)76(84)74(70-81)88-79)73(82)68-66-64-62-60-58-56-54-52-50-48-46-44-42-40-38-36-34-32-30-28-26-24-22-20-18-16-14-12-10-8-6-4-2/h5,7,11,13,17,19,23,25,72-74,76-79,81-82,84-86H,3-4,6,8-10,12,14-16,18,20-22,24,26-71H2,1-2H3,(H,80,83)/b7-5-,13-11-,19-17-,25-23-. The van der Waals surface area contributed by atoms with Crippen molar-refractivity contribution in [2.45, 2.75) is 436 Å². The summed E-state index contributed by atoms with van der Waals surface area (Å²) in [5.74, 6) is -0.136. The molecule has 9 heteroatoms.